The Bertz CT molecular complexity index is 333. The average Bonchev–Trinajstić information content (AvgIpc) is 2.17. The van der Waals surface area contributed by atoms with E-state index in [9.17, 15) is 4.79 Å². The van der Waals surface area contributed by atoms with Gasteiger partial charge in [-0.15, -0.1) is 12.4 Å². The van der Waals surface area contributed by atoms with E-state index in [0.717, 1.165) is 4.47 Å². The van der Waals surface area contributed by atoms with Crippen molar-refractivity contribution in [2.45, 2.75) is 0 Å². The van der Waals surface area contributed by atoms with E-state index < -0.39 is 0 Å². The minimum Gasteiger partial charge on any atom is -0.465 e. The lowest BCUT2D eigenvalue weighted by Gasteiger charge is -2.05. The summed E-state index contributed by atoms with van der Waals surface area (Å²) in [5.74, 6) is 4.84. The summed E-state index contributed by atoms with van der Waals surface area (Å²) in [7, 11) is 1.33. The van der Waals surface area contributed by atoms with Crippen LogP contribution < -0.4 is 11.3 Å². The largest absolute Gasteiger partial charge is 0.465 e. The molecule has 78 valence electrons. The van der Waals surface area contributed by atoms with Gasteiger partial charge in [0.05, 0.1) is 18.4 Å². The van der Waals surface area contributed by atoms with Crippen molar-refractivity contribution in [3.63, 3.8) is 0 Å². The SMILES string of the molecule is COC(=O)c1ccc(Br)c(NN)c1.Cl. The van der Waals surface area contributed by atoms with Gasteiger partial charge < -0.3 is 10.2 Å². The number of benzene rings is 1. The topological polar surface area (TPSA) is 64.3 Å². The summed E-state index contributed by atoms with van der Waals surface area (Å²) < 4.78 is 5.35. The minimum absolute atomic E-state index is 0. The van der Waals surface area contributed by atoms with Crippen molar-refractivity contribution in [3.8, 4) is 0 Å². The standard InChI is InChI=1S/C8H9BrN2O2.ClH/c1-13-8(12)5-2-3-6(9)7(4-5)11-10;/h2-4,11H,10H2,1H3;1H. The minimum atomic E-state index is -0.385. The normalized spacial score (nSPS) is 8.79. The molecule has 0 aliphatic carbocycles. The summed E-state index contributed by atoms with van der Waals surface area (Å²) in [6, 6.07) is 4.98. The third-order valence-electron chi connectivity index (χ3n) is 1.54. The molecule has 0 saturated carbocycles. The van der Waals surface area contributed by atoms with Crippen LogP contribution in [0.4, 0.5) is 5.69 Å². The molecule has 0 aliphatic rings. The number of hydrogen-bond donors (Lipinski definition) is 2. The van der Waals surface area contributed by atoms with Crippen LogP contribution in [0.25, 0.3) is 0 Å². The van der Waals surface area contributed by atoms with Gasteiger partial charge in [0.15, 0.2) is 0 Å². The maximum Gasteiger partial charge on any atom is 0.337 e. The number of anilines is 1. The highest BCUT2D eigenvalue weighted by Gasteiger charge is 2.07. The number of carbonyl (C=O) groups excluding carboxylic acids is 1. The van der Waals surface area contributed by atoms with Crippen LogP contribution in [0.1, 0.15) is 10.4 Å². The molecule has 0 heterocycles. The van der Waals surface area contributed by atoms with E-state index in [1.165, 1.54) is 7.11 Å². The molecule has 0 aliphatic heterocycles. The number of hydrazine groups is 1. The predicted molar refractivity (Wildman–Crippen MR) is 60.5 cm³/mol. The third-order valence-corrected chi connectivity index (χ3v) is 2.23. The van der Waals surface area contributed by atoms with Gasteiger partial charge >= 0.3 is 5.97 Å². The first kappa shape index (κ1) is 13.2. The Kier molecular flexibility index (Phi) is 5.52. The second kappa shape index (κ2) is 5.85. The van der Waals surface area contributed by atoms with E-state index >= 15 is 0 Å². The van der Waals surface area contributed by atoms with Crippen molar-refractivity contribution in [1.82, 2.24) is 0 Å². The van der Waals surface area contributed by atoms with Gasteiger partial charge in [-0.25, -0.2) is 4.79 Å². The fraction of sp³-hybridized carbons (Fsp3) is 0.125. The number of nitrogen functional groups attached to an aromatic ring is 1. The van der Waals surface area contributed by atoms with Gasteiger partial charge in [0.2, 0.25) is 0 Å². The molecule has 1 rings (SSSR count). The molecule has 6 heteroatoms. The van der Waals surface area contributed by atoms with Gasteiger partial charge in [-0.3, -0.25) is 5.84 Å². The van der Waals surface area contributed by atoms with Crippen LogP contribution in [-0.2, 0) is 4.74 Å². The van der Waals surface area contributed by atoms with Gasteiger partial charge in [-0.2, -0.15) is 0 Å². The van der Waals surface area contributed by atoms with Crippen LogP contribution in [0.2, 0.25) is 0 Å². The molecule has 0 spiro atoms. The summed E-state index contributed by atoms with van der Waals surface area (Å²) in [5.41, 5.74) is 3.56. The van der Waals surface area contributed by atoms with Crippen molar-refractivity contribution in [1.29, 1.82) is 0 Å². The maximum absolute atomic E-state index is 11.1. The number of carbonyl (C=O) groups is 1. The molecule has 4 nitrogen and oxygen atoms in total. The zero-order valence-electron chi connectivity index (χ0n) is 7.41. The quantitative estimate of drug-likeness (QED) is 0.494. The number of nitrogens with one attached hydrogen (secondary N) is 1. The van der Waals surface area contributed by atoms with Crippen LogP contribution in [0.15, 0.2) is 22.7 Å². The van der Waals surface area contributed by atoms with Gasteiger partial charge in [0.1, 0.15) is 0 Å². The van der Waals surface area contributed by atoms with Crippen LogP contribution in [-0.4, -0.2) is 13.1 Å². The molecule has 0 unspecified atom stereocenters. The Labute approximate surface area is 96.3 Å². The highest BCUT2D eigenvalue weighted by Crippen LogP contribution is 2.22. The average molecular weight is 282 g/mol. The van der Waals surface area contributed by atoms with E-state index in [2.05, 4.69) is 26.1 Å². The van der Waals surface area contributed by atoms with Crippen LogP contribution in [0.5, 0.6) is 0 Å². The molecule has 0 bridgehead atoms. The van der Waals surface area contributed by atoms with Gasteiger partial charge in [0.25, 0.3) is 0 Å². The number of methoxy groups -OCH3 is 1. The number of rotatable bonds is 2. The molecule has 0 fully saturated rings. The number of halogens is 2. The van der Waals surface area contributed by atoms with Gasteiger partial charge in [-0.05, 0) is 34.1 Å². The van der Waals surface area contributed by atoms with Crippen molar-refractivity contribution in [2.75, 3.05) is 12.5 Å². The Balaban J connectivity index is 0.00000169. The Morgan fingerprint density at radius 3 is 2.71 bits per heavy atom. The first-order valence-corrected chi connectivity index (χ1v) is 4.33. The number of nitrogens with two attached hydrogens (primary N) is 1. The first-order valence-electron chi connectivity index (χ1n) is 3.53. The molecule has 0 aromatic heterocycles. The Morgan fingerprint density at radius 2 is 2.21 bits per heavy atom. The zero-order chi connectivity index (χ0) is 9.84. The highest BCUT2D eigenvalue weighted by molar-refractivity contribution is 9.10. The molecule has 1 aromatic rings. The van der Waals surface area contributed by atoms with E-state index in [4.69, 9.17) is 5.84 Å². The van der Waals surface area contributed by atoms with E-state index in [0.29, 0.717) is 11.3 Å². The molecule has 0 atom stereocenters. The fourth-order valence-electron chi connectivity index (χ4n) is 0.881. The van der Waals surface area contributed by atoms with Crippen LogP contribution >= 0.6 is 28.3 Å². The monoisotopic (exact) mass is 280 g/mol. The van der Waals surface area contributed by atoms with Crippen molar-refractivity contribution in [3.05, 3.63) is 28.2 Å². The second-order valence-corrected chi connectivity index (χ2v) is 3.18. The predicted octanol–water partition coefficient (Wildman–Crippen LogP) is 1.94. The molecular formula is C8H10BrClN2O2. The smallest absolute Gasteiger partial charge is 0.337 e. The first-order chi connectivity index (χ1) is 6.19. The molecule has 0 radical (unpaired) electrons. The van der Waals surface area contributed by atoms with E-state index in [1.807, 2.05) is 0 Å². The molecule has 0 amide bonds. The van der Waals surface area contributed by atoms with Crippen molar-refractivity contribution < 1.29 is 9.53 Å². The summed E-state index contributed by atoms with van der Waals surface area (Å²) in [6.45, 7) is 0. The number of ether oxygens (including phenoxy) is 1. The molecule has 1 aromatic carbocycles. The van der Waals surface area contributed by atoms with Crippen molar-refractivity contribution >= 4 is 40.0 Å². The van der Waals surface area contributed by atoms with Gasteiger partial charge in [-0.1, -0.05) is 0 Å². The summed E-state index contributed by atoms with van der Waals surface area (Å²) in [5, 5.41) is 0. The summed E-state index contributed by atoms with van der Waals surface area (Å²) in [6.07, 6.45) is 0. The number of esters is 1. The van der Waals surface area contributed by atoms with E-state index in [1.54, 1.807) is 18.2 Å². The second-order valence-electron chi connectivity index (χ2n) is 2.33. The lowest BCUT2D eigenvalue weighted by molar-refractivity contribution is 0.0601. The molecular weight excluding hydrogens is 271 g/mol. The third kappa shape index (κ3) is 2.87. The summed E-state index contributed by atoms with van der Waals surface area (Å²) in [4.78, 5) is 11.1. The van der Waals surface area contributed by atoms with Gasteiger partial charge in [0, 0.05) is 4.47 Å². The highest BCUT2D eigenvalue weighted by atomic mass is 79.9. The van der Waals surface area contributed by atoms with Crippen LogP contribution in [0, 0.1) is 0 Å². The lowest BCUT2D eigenvalue weighted by atomic mass is 10.2. The summed E-state index contributed by atoms with van der Waals surface area (Å²) >= 11 is 3.27. The lowest BCUT2D eigenvalue weighted by Crippen LogP contribution is -2.09. The van der Waals surface area contributed by atoms with Crippen molar-refractivity contribution in [2.24, 2.45) is 5.84 Å². The maximum atomic E-state index is 11.1. The Morgan fingerprint density at radius 1 is 1.57 bits per heavy atom. The van der Waals surface area contributed by atoms with Crippen LogP contribution in [0.3, 0.4) is 0 Å². The molecule has 0 saturated heterocycles. The molecule has 14 heavy (non-hydrogen) atoms. The Hall–Kier alpha value is -0.780. The van der Waals surface area contributed by atoms with E-state index in [-0.39, 0.29) is 18.4 Å². The number of hydrogen-bond acceptors (Lipinski definition) is 4. The zero-order valence-corrected chi connectivity index (χ0v) is 9.81. The fourth-order valence-corrected chi connectivity index (χ4v) is 1.24. The molecule has 3 N–H and O–H groups in total.